The molecule has 1 aliphatic heterocycles. The van der Waals surface area contributed by atoms with E-state index in [1.807, 2.05) is 4.90 Å². The number of hydrogen-bond acceptors (Lipinski definition) is 7. The third kappa shape index (κ3) is 4.60. The molecule has 1 amide bonds. The van der Waals surface area contributed by atoms with Crippen molar-refractivity contribution in [1.29, 1.82) is 5.26 Å². The van der Waals surface area contributed by atoms with Gasteiger partial charge in [-0.05, 0) is 32.4 Å². The Kier molecular flexibility index (Phi) is 5.96. The Morgan fingerprint density at radius 2 is 2.10 bits per heavy atom. The molecule has 0 saturated carbocycles. The zero-order chi connectivity index (χ0) is 21.3. The SMILES string of the molecule is CC(C)(C)OC(=O)N1CCN(c2nc(Cl)nc3c(F)c(Cl)ncc23)C[C@@H]1CC#N. The van der Waals surface area contributed by atoms with Gasteiger partial charge in [-0.3, -0.25) is 0 Å². The van der Waals surface area contributed by atoms with Crippen molar-refractivity contribution in [3.05, 3.63) is 22.5 Å². The molecule has 2 aromatic heterocycles. The van der Waals surface area contributed by atoms with E-state index in [9.17, 15) is 14.4 Å². The van der Waals surface area contributed by atoms with Crippen LogP contribution < -0.4 is 4.90 Å². The van der Waals surface area contributed by atoms with Crippen molar-refractivity contribution in [2.24, 2.45) is 0 Å². The molecule has 8 nitrogen and oxygen atoms in total. The van der Waals surface area contributed by atoms with Crippen LogP contribution in [0.2, 0.25) is 10.4 Å². The number of halogens is 3. The second kappa shape index (κ2) is 8.13. The average molecular weight is 441 g/mol. The minimum Gasteiger partial charge on any atom is -0.444 e. The first-order chi connectivity index (χ1) is 13.6. The van der Waals surface area contributed by atoms with Crippen LogP contribution in [0.4, 0.5) is 15.0 Å². The molecular weight excluding hydrogens is 422 g/mol. The number of amides is 1. The van der Waals surface area contributed by atoms with Crippen LogP contribution in [-0.4, -0.2) is 57.2 Å². The summed E-state index contributed by atoms with van der Waals surface area (Å²) >= 11 is 11.8. The lowest BCUT2D eigenvalue weighted by atomic mass is 10.1. The van der Waals surface area contributed by atoms with Crippen LogP contribution in [0.5, 0.6) is 0 Å². The van der Waals surface area contributed by atoms with Crippen LogP contribution in [0.25, 0.3) is 10.9 Å². The van der Waals surface area contributed by atoms with Gasteiger partial charge in [0.1, 0.15) is 16.9 Å². The lowest BCUT2D eigenvalue weighted by Crippen LogP contribution is -2.56. The number of anilines is 1. The highest BCUT2D eigenvalue weighted by atomic mass is 35.5. The maximum Gasteiger partial charge on any atom is 0.410 e. The zero-order valence-electron chi connectivity index (χ0n) is 16.1. The third-order valence-corrected chi connectivity index (χ3v) is 4.76. The van der Waals surface area contributed by atoms with Crippen LogP contribution in [-0.2, 0) is 4.74 Å². The molecule has 3 rings (SSSR count). The summed E-state index contributed by atoms with van der Waals surface area (Å²) in [6.45, 7) is 6.31. The minimum absolute atomic E-state index is 0.0357. The van der Waals surface area contributed by atoms with Crippen molar-refractivity contribution in [3.8, 4) is 6.07 Å². The molecule has 0 aromatic carbocycles. The van der Waals surface area contributed by atoms with Gasteiger partial charge in [0.05, 0.1) is 23.9 Å². The molecule has 0 bridgehead atoms. The smallest absolute Gasteiger partial charge is 0.410 e. The Morgan fingerprint density at radius 1 is 1.38 bits per heavy atom. The topological polar surface area (TPSA) is 95.2 Å². The molecule has 0 N–H and O–H groups in total. The largest absolute Gasteiger partial charge is 0.444 e. The summed E-state index contributed by atoms with van der Waals surface area (Å²) in [5.41, 5.74) is -0.684. The highest BCUT2D eigenvalue weighted by Crippen LogP contribution is 2.31. The molecule has 29 heavy (non-hydrogen) atoms. The van der Waals surface area contributed by atoms with E-state index in [2.05, 4.69) is 21.0 Å². The first-order valence-corrected chi connectivity index (χ1v) is 9.65. The van der Waals surface area contributed by atoms with E-state index in [-0.39, 0.29) is 22.4 Å². The van der Waals surface area contributed by atoms with Gasteiger partial charge in [0.2, 0.25) is 5.28 Å². The second-order valence-electron chi connectivity index (χ2n) is 7.58. The molecule has 0 spiro atoms. The Hall–Kier alpha value is -2.44. The van der Waals surface area contributed by atoms with Gasteiger partial charge < -0.3 is 14.5 Å². The number of hydrogen-bond donors (Lipinski definition) is 0. The molecule has 154 valence electrons. The molecule has 1 atom stereocenters. The summed E-state index contributed by atoms with van der Waals surface area (Å²) in [5, 5.41) is 9.12. The molecule has 11 heteroatoms. The normalized spacial score (nSPS) is 17.3. The molecule has 1 fully saturated rings. The minimum atomic E-state index is -0.782. The van der Waals surface area contributed by atoms with Crippen LogP contribution in [0.1, 0.15) is 27.2 Å². The summed E-state index contributed by atoms with van der Waals surface area (Å²) in [6.07, 6.45) is 0.999. The fourth-order valence-electron chi connectivity index (χ4n) is 3.12. The van der Waals surface area contributed by atoms with Crippen molar-refractivity contribution in [1.82, 2.24) is 19.9 Å². The standard InChI is InChI=1S/C18H19Cl2FN6O2/c1-18(2,3)29-17(28)27-7-6-26(9-10(27)4-5-22)15-11-8-23-14(19)12(21)13(11)24-16(20)25-15/h8,10H,4,6-7,9H2,1-3H3/t10-/m0/s1. The molecule has 0 radical (unpaired) electrons. The fourth-order valence-corrected chi connectivity index (χ4v) is 3.43. The lowest BCUT2D eigenvalue weighted by Gasteiger charge is -2.41. The quantitative estimate of drug-likeness (QED) is 0.517. The number of fused-ring (bicyclic) bond motifs is 1. The number of pyridine rings is 1. The molecule has 1 saturated heterocycles. The summed E-state index contributed by atoms with van der Waals surface area (Å²) < 4.78 is 19.8. The highest BCUT2D eigenvalue weighted by Gasteiger charge is 2.34. The number of piperazine rings is 1. The molecule has 3 heterocycles. The number of carbonyl (C=O) groups excluding carboxylic acids is 1. The third-order valence-electron chi connectivity index (χ3n) is 4.33. The predicted octanol–water partition coefficient (Wildman–Crippen LogP) is 3.81. The predicted molar refractivity (Wildman–Crippen MR) is 106 cm³/mol. The van der Waals surface area contributed by atoms with E-state index in [0.29, 0.717) is 30.8 Å². The fraction of sp³-hybridized carbons (Fsp3) is 0.500. The van der Waals surface area contributed by atoms with Gasteiger partial charge in [0.25, 0.3) is 0 Å². The van der Waals surface area contributed by atoms with Gasteiger partial charge in [0, 0.05) is 25.8 Å². The van der Waals surface area contributed by atoms with Crippen LogP contribution in [0.3, 0.4) is 0 Å². The number of nitrogens with zero attached hydrogens (tertiary/aromatic N) is 6. The molecular formula is C18H19Cl2FN6O2. The molecule has 2 aromatic rings. The van der Waals surface area contributed by atoms with Crippen LogP contribution in [0, 0.1) is 17.1 Å². The zero-order valence-corrected chi connectivity index (χ0v) is 17.6. The van der Waals surface area contributed by atoms with Crippen molar-refractivity contribution < 1.29 is 13.9 Å². The van der Waals surface area contributed by atoms with E-state index in [0.717, 1.165) is 0 Å². The molecule has 0 unspecified atom stereocenters. The number of ether oxygens (including phenoxy) is 1. The summed E-state index contributed by atoms with van der Waals surface area (Å²) in [4.78, 5) is 27.9. The maximum atomic E-state index is 14.4. The summed E-state index contributed by atoms with van der Waals surface area (Å²) in [6, 6.07) is 1.66. The van der Waals surface area contributed by atoms with Crippen molar-refractivity contribution in [2.75, 3.05) is 24.5 Å². The van der Waals surface area contributed by atoms with Gasteiger partial charge in [-0.1, -0.05) is 11.6 Å². The monoisotopic (exact) mass is 440 g/mol. The van der Waals surface area contributed by atoms with Crippen molar-refractivity contribution in [3.63, 3.8) is 0 Å². The van der Waals surface area contributed by atoms with Crippen LogP contribution >= 0.6 is 23.2 Å². The van der Waals surface area contributed by atoms with Crippen LogP contribution in [0.15, 0.2) is 6.20 Å². The number of nitriles is 1. The molecule has 1 aliphatic rings. The Labute approximate surface area is 177 Å². The highest BCUT2D eigenvalue weighted by molar-refractivity contribution is 6.30. The number of carbonyl (C=O) groups is 1. The first kappa shape index (κ1) is 21.3. The Bertz CT molecular complexity index is 991. The van der Waals surface area contributed by atoms with Gasteiger partial charge in [-0.25, -0.2) is 19.2 Å². The van der Waals surface area contributed by atoms with Gasteiger partial charge in [-0.2, -0.15) is 10.2 Å². The van der Waals surface area contributed by atoms with Crippen molar-refractivity contribution >= 4 is 46.0 Å². The number of aromatic nitrogens is 3. The van der Waals surface area contributed by atoms with E-state index in [1.54, 1.807) is 20.8 Å². The Morgan fingerprint density at radius 3 is 2.76 bits per heavy atom. The maximum absolute atomic E-state index is 14.4. The van der Waals surface area contributed by atoms with E-state index in [4.69, 9.17) is 27.9 Å². The summed E-state index contributed by atoms with van der Waals surface area (Å²) in [5.74, 6) is -0.412. The average Bonchev–Trinajstić information content (AvgIpc) is 2.63. The van der Waals surface area contributed by atoms with Crippen molar-refractivity contribution in [2.45, 2.75) is 38.8 Å². The van der Waals surface area contributed by atoms with E-state index < -0.39 is 23.6 Å². The lowest BCUT2D eigenvalue weighted by molar-refractivity contribution is 0.0145. The summed E-state index contributed by atoms with van der Waals surface area (Å²) in [7, 11) is 0. The second-order valence-corrected chi connectivity index (χ2v) is 8.27. The van der Waals surface area contributed by atoms with Gasteiger partial charge in [0.15, 0.2) is 11.0 Å². The van der Waals surface area contributed by atoms with E-state index >= 15 is 0 Å². The van der Waals surface area contributed by atoms with Gasteiger partial charge in [-0.15, -0.1) is 0 Å². The van der Waals surface area contributed by atoms with Gasteiger partial charge >= 0.3 is 6.09 Å². The number of rotatable bonds is 2. The van der Waals surface area contributed by atoms with E-state index in [1.165, 1.54) is 11.1 Å². The Balaban J connectivity index is 1.93. The first-order valence-electron chi connectivity index (χ1n) is 8.89. The molecule has 0 aliphatic carbocycles.